The topological polar surface area (TPSA) is 26.3 Å². The highest BCUT2D eigenvalue weighted by atomic mass is 32.2. The van der Waals surface area contributed by atoms with Gasteiger partial charge >= 0.3 is 5.97 Å². The van der Waals surface area contributed by atoms with Crippen LogP contribution in [0.1, 0.15) is 17.1 Å². The van der Waals surface area contributed by atoms with Gasteiger partial charge < -0.3 is 4.74 Å². The van der Waals surface area contributed by atoms with E-state index in [1.54, 1.807) is 11.3 Å². The molecule has 0 aromatic carbocycles. The fourth-order valence-corrected chi connectivity index (χ4v) is 2.70. The SMILES string of the molecule is CCOC(=O)C(SC)c1cccs1. The number of carbonyl (C=O) groups excluding carboxylic acids is 1. The lowest BCUT2D eigenvalue weighted by Gasteiger charge is -2.10. The summed E-state index contributed by atoms with van der Waals surface area (Å²) in [4.78, 5) is 12.5. The Morgan fingerprint density at radius 1 is 1.77 bits per heavy atom. The summed E-state index contributed by atoms with van der Waals surface area (Å²) in [6.07, 6.45) is 1.92. The van der Waals surface area contributed by atoms with E-state index in [1.165, 1.54) is 11.8 Å². The Kier molecular flexibility index (Phi) is 4.32. The summed E-state index contributed by atoms with van der Waals surface area (Å²) in [7, 11) is 0. The van der Waals surface area contributed by atoms with Gasteiger partial charge in [0.25, 0.3) is 0 Å². The molecule has 0 amide bonds. The van der Waals surface area contributed by atoms with Gasteiger partial charge in [-0.2, -0.15) is 0 Å². The maximum absolute atomic E-state index is 11.4. The standard InChI is InChI=1S/C9H12O2S2/c1-3-11-9(10)8(12-2)7-5-4-6-13-7/h4-6,8H,3H2,1-2H3. The van der Waals surface area contributed by atoms with Crippen LogP contribution in [-0.2, 0) is 9.53 Å². The number of carbonyl (C=O) groups is 1. The van der Waals surface area contributed by atoms with E-state index >= 15 is 0 Å². The number of hydrogen-bond acceptors (Lipinski definition) is 4. The molecule has 13 heavy (non-hydrogen) atoms. The summed E-state index contributed by atoms with van der Waals surface area (Å²) < 4.78 is 4.97. The third kappa shape index (κ3) is 2.74. The van der Waals surface area contributed by atoms with Crippen molar-refractivity contribution in [3.63, 3.8) is 0 Å². The van der Waals surface area contributed by atoms with E-state index < -0.39 is 0 Å². The summed E-state index contributed by atoms with van der Waals surface area (Å²) in [5.74, 6) is -0.141. The highest BCUT2D eigenvalue weighted by Crippen LogP contribution is 2.31. The van der Waals surface area contributed by atoms with Crippen LogP contribution in [0.2, 0.25) is 0 Å². The Labute approximate surface area is 86.3 Å². The summed E-state index contributed by atoms with van der Waals surface area (Å²) >= 11 is 3.10. The maximum atomic E-state index is 11.4. The van der Waals surface area contributed by atoms with Crippen LogP contribution in [0.25, 0.3) is 0 Å². The third-order valence-electron chi connectivity index (χ3n) is 1.54. The van der Waals surface area contributed by atoms with Gasteiger partial charge in [0, 0.05) is 4.88 Å². The smallest absolute Gasteiger partial charge is 0.324 e. The Bertz CT molecular complexity index is 257. The van der Waals surface area contributed by atoms with E-state index in [-0.39, 0.29) is 11.2 Å². The van der Waals surface area contributed by atoms with Gasteiger partial charge in [0.2, 0.25) is 0 Å². The van der Waals surface area contributed by atoms with Crippen molar-refractivity contribution in [1.29, 1.82) is 0 Å². The quantitative estimate of drug-likeness (QED) is 0.724. The van der Waals surface area contributed by atoms with Crippen molar-refractivity contribution in [1.82, 2.24) is 0 Å². The van der Waals surface area contributed by atoms with Crippen molar-refractivity contribution < 1.29 is 9.53 Å². The summed E-state index contributed by atoms with van der Waals surface area (Å²) in [6.45, 7) is 2.27. The molecule has 0 aliphatic heterocycles. The van der Waals surface area contributed by atoms with Gasteiger partial charge in [0.1, 0.15) is 5.25 Å². The van der Waals surface area contributed by atoms with Crippen molar-refractivity contribution in [2.45, 2.75) is 12.2 Å². The molecule has 0 saturated carbocycles. The Balaban J connectivity index is 2.68. The van der Waals surface area contributed by atoms with Gasteiger partial charge in [-0.25, -0.2) is 0 Å². The van der Waals surface area contributed by atoms with Gasteiger partial charge in [-0.15, -0.1) is 23.1 Å². The average molecular weight is 216 g/mol. The molecule has 0 aliphatic carbocycles. The van der Waals surface area contributed by atoms with Crippen LogP contribution in [-0.4, -0.2) is 18.8 Å². The van der Waals surface area contributed by atoms with E-state index in [0.29, 0.717) is 6.61 Å². The number of thiophene rings is 1. The van der Waals surface area contributed by atoms with Crippen LogP contribution in [0.5, 0.6) is 0 Å². The Hall–Kier alpha value is -0.480. The van der Waals surface area contributed by atoms with Gasteiger partial charge in [0.15, 0.2) is 0 Å². The molecular weight excluding hydrogens is 204 g/mol. The summed E-state index contributed by atoms with van der Waals surface area (Å²) in [5, 5.41) is 1.82. The first-order valence-electron chi connectivity index (χ1n) is 4.02. The highest BCUT2D eigenvalue weighted by molar-refractivity contribution is 7.99. The zero-order valence-corrected chi connectivity index (χ0v) is 9.28. The van der Waals surface area contributed by atoms with E-state index in [9.17, 15) is 4.79 Å². The molecule has 1 rings (SSSR count). The number of rotatable bonds is 4. The number of ether oxygens (including phenoxy) is 1. The molecule has 0 radical (unpaired) electrons. The summed E-state index contributed by atoms with van der Waals surface area (Å²) in [5.41, 5.74) is 0. The zero-order valence-electron chi connectivity index (χ0n) is 7.65. The fraction of sp³-hybridized carbons (Fsp3) is 0.444. The zero-order chi connectivity index (χ0) is 9.68. The molecule has 1 aromatic rings. The van der Waals surface area contributed by atoms with E-state index in [2.05, 4.69) is 0 Å². The van der Waals surface area contributed by atoms with Crippen molar-refractivity contribution in [3.05, 3.63) is 22.4 Å². The first-order valence-corrected chi connectivity index (χ1v) is 6.19. The van der Waals surface area contributed by atoms with Crippen molar-refractivity contribution in [3.8, 4) is 0 Å². The van der Waals surface area contributed by atoms with Crippen LogP contribution in [0.3, 0.4) is 0 Å². The Morgan fingerprint density at radius 3 is 3.00 bits per heavy atom. The molecule has 0 bridgehead atoms. The van der Waals surface area contributed by atoms with Gasteiger partial charge in [0.05, 0.1) is 6.61 Å². The molecule has 1 unspecified atom stereocenters. The molecule has 0 fully saturated rings. The number of esters is 1. The minimum absolute atomic E-state index is 0.141. The van der Waals surface area contributed by atoms with E-state index in [1.807, 2.05) is 30.7 Å². The van der Waals surface area contributed by atoms with Crippen LogP contribution in [0.4, 0.5) is 0 Å². The molecule has 1 atom stereocenters. The van der Waals surface area contributed by atoms with Crippen LogP contribution >= 0.6 is 23.1 Å². The summed E-state index contributed by atoms with van der Waals surface area (Å²) in [6, 6.07) is 3.91. The first-order chi connectivity index (χ1) is 6.29. The van der Waals surface area contributed by atoms with Crippen molar-refractivity contribution >= 4 is 29.1 Å². The highest BCUT2D eigenvalue weighted by Gasteiger charge is 2.21. The minimum Gasteiger partial charge on any atom is -0.465 e. The van der Waals surface area contributed by atoms with Crippen LogP contribution in [0, 0.1) is 0 Å². The first kappa shape index (κ1) is 10.6. The second kappa shape index (κ2) is 5.29. The predicted molar refractivity (Wildman–Crippen MR) is 57.2 cm³/mol. The van der Waals surface area contributed by atoms with Crippen molar-refractivity contribution in [2.24, 2.45) is 0 Å². The maximum Gasteiger partial charge on any atom is 0.324 e. The van der Waals surface area contributed by atoms with E-state index in [0.717, 1.165) is 4.88 Å². The molecule has 1 aromatic heterocycles. The molecule has 0 aliphatic rings. The number of hydrogen-bond donors (Lipinski definition) is 0. The van der Waals surface area contributed by atoms with Crippen LogP contribution < -0.4 is 0 Å². The molecule has 72 valence electrons. The normalized spacial score (nSPS) is 12.5. The largest absolute Gasteiger partial charge is 0.465 e. The fourth-order valence-electron chi connectivity index (χ4n) is 0.987. The van der Waals surface area contributed by atoms with E-state index in [4.69, 9.17) is 4.74 Å². The number of thioether (sulfide) groups is 1. The van der Waals surface area contributed by atoms with Gasteiger partial charge in [-0.3, -0.25) is 4.79 Å². The van der Waals surface area contributed by atoms with Crippen molar-refractivity contribution in [2.75, 3.05) is 12.9 Å². The predicted octanol–water partition coefficient (Wildman–Crippen LogP) is 2.72. The average Bonchev–Trinajstić information content (AvgIpc) is 2.59. The lowest BCUT2D eigenvalue weighted by molar-refractivity contribution is -0.142. The Morgan fingerprint density at radius 2 is 2.54 bits per heavy atom. The molecule has 4 heteroatoms. The second-order valence-electron chi connectivity index (χ2n) is 2.38. The van der Waals surface area contributed by atoms with Gasteiger partial charge in [-0.1, -0.05) is 6.07 Å². The molecule has 0 N–H and O–H groups in total. The minimum atomic E-state index is -0.153. The molecular formula is C9H12O2S2. The second-order valence-corrected chi connectivity index (χ2v) is 4.31. The molecule has 0 saturated heterocycles. The monoisotopic (exact) mass is 216 g/mol. The lowest BCUT2D eigenvalue weighted by atomic mass is 10.3. The van der Waals surface area contributed by atoms with Gasteiger partial charge in [-0.05, 0) is 24.6 Å². The molecule has 1 heterocycles. The molecule has 2 nitrogen and oxygen atoms in total. The van der Waals surface area contributed by atoms with Crippen LogP contribution in [0.15, 0.2) is 17.5 Å². The lowest BCUT2D eigenvalue weighted by Crippen LogP contribution is -2.11. The third-order valence-corrected chi connectivity index (χ3v) is 3.54. The molecule has 0 spiro atoms.